The fraction of sp³-hybridized carbons (Fsp3) is 0.0526. The maximum absolute atomic E-state index is 9.50. The molecule has 24 heavy (non-hydrogen) atoms. The number of aryl methyl sites for hydroxylation is 1. The molecule has 3 aromatic rings. The second kappa shape index (κ2) is 7.19. The van der Waals surface area contributed by atoms with E-state index in [0.717, 1.165) is 22.4 Å². The van der Waals surface area contributed by atoms with Gasteiger partial charge in [-0.1, -0.05) is 53.5 Å². The molecule has 0 fully saturated rings. The van der Waals surface area contributed by atoms with E-state index >= 15 is 0 Å². The largest absolute Gasteiger partial charge is 0.235 e. The standard InChI is InChI=1S/C19H12Cl2N2S/c1-12-4-2-3-5-13(12)8-15(10-22)19-23-18(11-24-19)14-6-7-16(20)17(21)9-14/h2-9,11H,1H3/b15-8-. The Bertz CT molecular complexity index is 967. The first-order valence-corrected chi connectivity index (χ1v) is 8.81. The molecule has 1 heterocycles. The van der Waals surface area contributed by atoms with Crippen LogP contribution in [0, 0.1) is 18.3 Å². The van der Waals surface area contributed by atoms with Crippen molar-refractivity contribution < 1.29 is 0 Å². The number of hydrogen-bond donors (Lipinski definition) is 0. The first-order valence-electron chi connectivity index (χ1n) is 7.17. The summed E-state index contributed by atoms with van der Waals surface area (Å²) < 4.78 is 0. The Kier molecular flexibility index (Phi) is 5.01. The molecule has 2 aromatic carbocycles. The van der Waals surface area contributed by atoms with Gasteiger partial charge in [0.1, 0.15) is 11.1 Å². The van der Waals surface area contributed by atoms with E-state index in [-0.39, 0.29) is 0 Å². The molecule has 0 bridgehead atoms. The maximum Gasteiger partial charge on any atom is 0.134 e. The molecule has 0 amide bonds. The lowest BCUT2D eigenvalue weighted by atomic mass is 10.1. The first kappa shape index (κ1) is 16.7. The summed E-state index contributed by atoms with van der Waals surface area (Å²) in [7, 11) is 0. The third kappa shape index (κ3) is 3.52. The average Bonchev–Trinajstić information content (AvgIpc) is 3.06. The van der Waals surface area contributed by atoms with Crippen LogP contribution in [0.2, 0.25) is 10.0 Å². The number of hydrogen-bond acceptors (Lipinski definition) is 3. The zero-order valence-corrected chi connectivity index (χ0v) is 15.1. The van der Waals surface area contributed by atoms with Gasteiger partial charge in [-0.15, -0.1) is 11.3 Å². The lowest BCUT2D eigenvalue weighted by Crippen LogP contribution is -1.85. The van der Waals surface area contributed by atoms with Gasteiger partial charge in [0.05, 0.1) is 21.3 Å². The summed E-state index contributed by atoms with van der Waals surface area (Å²) in [6.07, 6.45) is 1.87. The molecule has 5 heteroatoms. The van der Waals surface area contributed by atoms with Crippen LogP contribution in [0.25, 0.3) is 22.9 Å². The van der Waals surface area contributed by atoms with Crippen molar-refractivity contribution in [3.63, 3.8) is 0 Å². The molecule has 1 aromatic heterocycles. The van der Waals surface area contributed by atoms with E-state index in [1.807, 2.05) is 48.7 Å². The molecular formula is C19H12Cl2N2S. The van der Waals surface area contributed by atoms with E-state index in [9.17, 15) is 5.26 Å². The molecule has 0 saturated heterocycles. The van der Waals surface area contributed by atoms with Gasteiger partial charge in [-0.2, -0.15) is 5.26 Å². The third-order valence-electron chi connectivity index (χ3n) is 3.56. The molecule has 0 saturated carbocycles. The highest BCUT2D eigenvalue weighted by Crippen LogP contribution is 2.31. The predicted molar refractivity (Wildman–Crippen MR) is 102 cm³/mol. The van der Waals surface area contributed by atoms with Crippen molar-refractivity contribution in [1.29, 1.82) is 5.26 Å². The first-order chi connectivity index (χ1) is 11.6. The van der Waals surface area contributed by atoms with E-state index in [1.54, 1.807) is 12.1 Å². The summed E-state index contributed by atoms with van der Waals surface area (Å²) in [5, 5.41) is 13.1. The normalized spacial score (nSPS) is 11.3. The van der Waals surface area contributed by atoms with Gasteiger partial charge in [0.15, 0.2) is 0 Å². The number of nitrogens with zero attached hydrogens (tertiary/aromatic N) is 2. The van der Waals surface area contributed by atoms with Crippen molar-refractivity contribution in [3.8, 4) is 17.3 Å². The lowest BCUT2D eigenvalue weighted by Gasteiger charge is -2.01. The fourth-order valence-corrected chi connectivity index (χ4v) is 3.32. The van der Waals surface area contributed by atoms with Gasteiger partial charge in [-0.25, -0.2) is 4.98 Å². The van der Waals surface area contributed by atoms with Gasteiger partial charge in [0.25, 0.3) is 0 Å². The second-order valence-corrected chi connectivity index (χ2v) is 6.87. The Balaban J connectivity index is 1.98. The molecule has 0 aliphatic carbocycles. The molecule has 0 N–H and O–H groups in total. The quantitative estimate of drug-likeness (QED) is 0.494. The maximum atomic E-state index is 9.50. The lowest BCUT2D eigenvalue weighted by molar-refractivity contribution is 1.37. The zero-order chi connectivity index (χ0) is 17.1. The van der Waals surface area contributed by atoms with Gasteiger partial charge < -0.3 is 0 Å². The van der Waals surface area contributed by atoms with Crippen LogP contribution in [0.4, 0.5) is 0 Å². The van der Waals surface area contributed by atoms with Crippen LogP contribution in [0.15, 0.2) is 47.8 Å². The van der Waals surface area contributed by atoms with Crippen LogP contribution in [0.1, 0.15) is 16.1 Å². The van der Waals surface area contributed by atoms with Crippen molar-refractivity contribution in [2.75, 3.05) is 0 Å². The number of rotatable bonds is 3. The zero-order valence-electron chi connectivity index (χ0n) is 12.8. The molecular weight excluding hydrogens is 359 g/mol. The summed E-state index contributed by atoms with van der Waals surface area (Å²) in [6.45, 7) is 2.02. The van der Waals surface area contributed by atoms with Crippen molar-refractivity contribution in [2.24, 2.45) is 0 Å². The summed E-state index contributed by atoms with van der Waals surface area (Å²) in [5.41, 5.74) is 4.33. The highest BCUT2D eigenvalue weighted by molar-refractivity contribution is 7.11. The molecule has 0 aliphatic heterocycles. The highest BCUT2D eigenvalue weighted by atomic mass is 35.5. The minimum absolute atomic E-state index is 0.486. The molecule has 3 rings (SSSR count). The minimum Gasteiger partial charge on any atom is -0.235 e. The predicted octanol–water partition coefficient (Wildman–Crippen LogP) is 6.49. The number of benzene rings is 2. The number of allylic oxidation sites excluding steroid dienone is 1. The number of nitriles is 1. The van der Waals surface area contributed by atoms with Gasteiger partial charge in [0, 0.05) is 10.9 Å². The van der Waals surface area contributed by atoms with Crippen LogP contribution in [0.5, 0.6) is 0 Å². The van der Waals surface area contributed by atoms with Gasteiger partial charge in [-0.05, 0) is 36.3 Å². The summed E-state index contributed by atoms with van der Waals surface area (Å²) in [5.74, 6) is 0. The SMILES string of the molecule is Cc1ccccc1/C=C(/C#N)c1nc(-c2ccc(Cl)c(Cl)c2)cs1. The number of halogens is 2. The highest BCUT2D eigenvalue weighted by Gasteiger charge is 2.10. The Labute approximate surface area is 154 Å². The average molecular weight is 371 g/mol. The van der Waals surface area contributed by atoms with Crippen molar-refractivity contribution >= 4 is 46.2 Å². The smallest absolute Gasteiger partial charge is 0.134 e. The van der Waals surface area contributed by atoms with Crippen molar-refractivity contribution in [3.05, 3.63) is 74.0 Å². The number of aromatic nitrogens is 1. The van der Waals surface area contributed by atoms with Crippen LogP contribution < -0.4 is 0 Å². The van der Waals surface area contributed by atoms with Gasteiger partial charge in [0.2, 0.25) is 0 Å². The van der Waals surface area contributed by atoms with E-state index in [1.165, 1.54) is 11.3 Å². The summed E-state index contributed by atoms with van der Waals surface area (Å²) in [4.78, 5) is 4.57. The van der Waals surface area contributed by atoms with Gasteiger partial charge in [-0.3, -0.25) is 0 Å². The molecule has 0 unspecified atom stereocenters. The molecule has 0 radical (unpaired) electrons. The number of thiazole rings is 1. The summed E-state index contributed by atoms with van der Waals surface area (Å²) in [6, 6.07) is 15.6. The second-order valence-electron chi connectivity index (χ2n) is 5.19. The van der Waals surface area contributed by atoms with Crippen LogP contribution in [-0.2, 0) is 0 Å². The van der Waals surface area contributed by atoms with Crippen molar-refractivity contribution in [2.45, 2.75) is 6.92 Å². The molecule has 0 atom stereocenters. The summed E-state index contributed by atoms with van der Waals surface area (Å²) >= 11 is 13.4. The van der Waals surface area contributed by atoms with E-state index in [0.29, 0.717) is 20.6 Å². The fourth-order valence-electron chi connectivity index (χ4n) is 2.23. The molecule has 0 spiro atoms. The monoisotopic (exact) mass is 370 g/mol. The molecule has 0 aliphatic rings. The van der Waals surface area contributed by atoms with Gasteiger partial charge >= 0.3 is 0 Å². The van der Waals surface area contributed by atoms with Crippen LogP contribution >= 0.6 is 34.5 Å². The minimum atomic E-state index is 0.486. The Morgan fingerprint density at radius 1 is 1.17 bits per heavy atom. The van der Waals surface area contributed by atoms with E-state index in [2.05, 4.69) is 11.1 Å². The Morgan fingerprint density at radius 3 is 2.67 bits per heavy atom. The topological polar surface area (TPSA) is 36.7 Å². The third-order valence-corrected chi connectivity index (χ3v) is 5.17. The van der Waals surface area contributed by atoms with Crippen LogP contribution in [-0.4, -0.2) is 4.98 Å². The Hall–Kier alpha value is -2.12. The van der Waals surface area contributed by atoms with Crippen LogP contribution in [0.3, 0.4) is 0 Å². The molecule has 2 nitrogen and oxygen atoms in total. The van der Waals surface area contributed by atoms with E-state index < -0.39 is 0 Å². The van der Waals surface area contributed by atoms with E-state index in [4.69, 9.17) is 23.2 Å². The molecule has 118 valence electrons. The Morgan fingerprint density at radius 2 is 1.96 bits per heavy atom. The van der Waals surface area contributed by atoms with Crippen molar-refractivity contribution in [1.82, 2.24) is 4.98 Å².